The molecule has 3 N–H and O–H groups in total. The number of imidazole rings is 1. The van der Waals surface area contributed by atoms with Gasteiger partial charge in [-0.05, 0) is 42.8 Å². The normalized spacial score (nSPS) is 11.0. The van der Waals surface area contributed by atoms with Gasteiger partial charge >= 0.3 is 0 Å². The summed E-state index contributed by atoms with van der Waals surface area (Å²) >= 11 is 0. The van der Waals surface area contributed by atoms with Crippen LogP contribution in [0.3, 0.4) is 0 Å². The third-order valence-corrected chi connectivity index (χ3v) is 5.72. The van der Waals surface area contributed by atoms with Crippen LogP contribution in [0.5, 0.6) is 0 Å². The molecule has 3 rings (SSSR count). The van der Waals surface area contributed by atoms with E-state index in [-0.39, 0.29) is 28.0 Å². The van der Waals surface area contributed by atoms with Gasteiger partial charge in [0.25, 0.3) is 15.9 Å². The van der Waals surface area contributed by atoms with Gasteiger partial charge in [-0.15, -0.1) is 0 Å². The van der Waals surface area contributed by atoms with E-state index in [0.717, 1.165) is 0 Å². The first-order valence-corrected chi connectivity index (χ1v) is 11.1. The molecule has 0 aliphatic heterocycles. The first-order valence-electron chi connectivity index (χ1n) is 9.58. The van der Waals surface area contributed by atoms with E-state index in [0.29, 0.717) is 25.2 Å². The molecule has 31 heavy (non-hydrogen) atoms. The maximum Gasteiger partial charge on any atom is 0.261 e. The lowest BCUT2D eigenvalue weighted by Crippen LogP contribution is -2.26. The van der Waals surface area contributed by atoms with Crippen molar-refractivity contribution in [1.82, 2.24) is 14.9 Å². The van der Waals surface area contributed by atoms with Crippen molar-refractivity contribution in [3.8, 4) is 0 Å². The lowest BCUT2D eigenvalue weighted by Gasteiger charge is -2.13. The summed E-state index contributed by atoms with van der Waals surface area (Å²) in [7, 11) is -3.92. The van der Waals surface area contributed by atoms with Crippen LogP contribution in [0.2, 0.25) is 0 Å². The minimum Gasteiger partial charge on any atom is -0.352 e. The summed E-state index contributed by atoms with van der Waals surface area (Å²) in [6.45, 7) is 2.51. The number of amides is 2. The fourth-order valence-corrected chi connectivity index (χ4v) is 3.95. The SMILES string of the molecule is CC(=O)Nc1ccc(S(=O)(=O)Nc2ccccc2C(=O)NCCCn2ccnc2)cc1. The van der Waals surface area contributed by atoms with Crippen LogP contribution in [-0.4, -0.2) is 36.3 Å². The van der Waals surface area contributed by atoms with Crippen molar-refractivity contribution in [1.29, 1.82) is 0 Å². The zero-order valence-corrected chi connectivity index (χ0v) is 17.7. The van der Waals surface area contributed by atoms with Gasteiger partial charge in [-0.1, -0.05) is 12.1 Å². The number of aryl methyl sites for hydroxylation is 1. The highest BCUT2D eigenvalue weighted by Gasteiger charge is 2.18. The molecule has 0 aliphatic carbocycles. The van der Waals surface area contributed by atoms with Gasteiger partial charge in [0.05, 0.1) is 22.5 Å². The zero-order chi connectivity index (χ0) is 22.3. The number of sulfonamides is 1. The molecule has 0 spiro atoms. The number of nitrogens with zero attached hydrogens (tertiary/aromatic N) is 2. The van der Waals surface area contributed by atoms with Gasteiger partial charge in [0, 0.05) is 38.1 Å². The van der Waals surface area contributed by atoms with E-state index in [1.807, 2.05) is 10.8 Å². The highest BCUT2D eigenvalue weighted by Crippen LogP contribution is 2.21. The predicted octanol–water partition coefficient (Wildman–Crippen LogP) is 2.46. The lowest BCUT2D eigenvalue weighted by molar-refractivity contribution is -0.114. The number of carbonyl (C=O) groups excluding carboxylic acids is 2. The fraction of sp³-hybridized carbons (Fsp3) is 0.190. The number of nitrogens with one attached hydrogen (secondary N) is 3. The monoisotopic (exact) mass is 441 g/mol. The van der Waals surface area contributed by atoms with E-state index >= 15 is 0 Å². The highest BCUT2D eigenvalue weighted by molar-refractivity contribution is 7.92. The van der Waals surface area contributed by atoms with Gasteiger partial charge in [-0.25, -0.2) is 13.4 Å². The average molecular weight is 442 g/mol. The Labute approximate surface area is 180 Å². The predicted molar refractivity (Wildman–Crippen MR) is 117 cm³/mol. The number of hydrogen-bond donors (Lipinski definition) is 3. The van der Waals surface area contributed by atoms with Gasteiger partial charge in [-0.3, -0.25) is 14.3 Å². The summed E-state index contributed by atoms with van der Waals surface area (Å²) in [6.07, 6.45) is 5.94. The number of carbonyl (C=O) groups is 2. The summed E-state index contributed by atoms with van der Waals surface area (Å²) in [6, 6.07) is 12.2. The van der Waals surface area contributed by atoms with Crippen molar-refractivity contribution in [3.63, 3.8) is 0 Å². The Hall–Kier alpha value is -3.66. The minimum atomic E-state index is -3.92. The van der Waals surface area contributed by atoms with Crippen LogP contribution < -0.4 is 15.4 Å². The largest absolute Gasteiger partial charge is 0.352 e. The molecule has 1 aromatic heterocycles. The standard InChI is InChI=1S/C21H23N5O4S/c1-16(27)24-17-7-9-18(10-8-17)31(29,30)25-20-6-3-2-5-19(20)21(28)23-11-4-13-26-14-12-22-15-26/h2-3,5-10,12,14-15,25H,4,11,13H2,1H3,(H,23,28)(H,24,27). The molecule has 3 aromatic rings. The number of aromatic nitrogens is 2. The number of benzene rings is 2. The van der Waals surface area contributed by atoms with Crippen LogP contribution in [0, 0.1) is 0 Å². The summed E-state index contributed by atoms with van der Waals surface area (Å²) in [5, 5.41) is 5.38. The van der Waals surface area contributed by atoms with Crippen LogP contribution in [0.4, 0.5) is 11.4 Å². The first-order chi connectivity index (χ1) is 14.8. The molecule has 0 saturated heterocycles. The average Bonchev–Trinajstić information content (AvgIpc) is 3.25. The fourth-order valence-electron chi connectivity index (χ4n) is 2.87. The topological polar surface area (TPSA) is 122 Å². The van der Waals surface area contributed by atoms with Crippen LogP contribution in [-0.2, 0) is 21.4 Å². The Morgan fingerprint density at radius 2 is 1.81 bits per heavy atom. The molecule has 1 heterocycles. The van der Waals surface area contributed by atoms with E-state index in [4.69, 9.17) is 0 Å². The van der Waals surface area contributed by atoms with Gasteiger partial charge in [0.15, 0.2) is 0 Å². The van der Waals surface area contributed by atoms with Crippen molar-refractivity contribution in [2.24, 2.45) is 0 Å². The Morgan fingerprint density at radius 1 is 1.06 bits per heavy atom. The number of hydrogen-bond acceptors (Lipinski definition) is 5. The van der Waals surface area contributed by atoms with E-state index in [9.17, 15) is 18.0 Å². The van der Waals surface area contributed by atoms with Gasteiger partial charge in [-0.2, -0.15) is 0 Å². The zero-order valence-electron chi connectivity index (χ0n) is 16.9. The molecule has 0 aliphatic rings. The quantitative estimate of drug-likeness (QED) is 0.440. The molecule has 9 nitrogen and oxygen atoms in total. The maximum absolute atomic E-state index is 12.8. The maximum atomic E-state index is 12.8. The second-order valence-corrected chi connectivity index (χ2v) is 8.45. The Kier molecular flexibility index (Phi) is 7.03. The summed E-state index contributed by atoms with van der Waals surface area (Å²) in [4.78, 5) is 27.7. The molecule has 2 aromatic carbocycles. The summed E-state index contributed by atoms with van der Waals surface area (Å²) < 4.78 is 29.9. The molecule has 0 fully saturated rings. The third-order valence-electron chi connectivity index (χ3n) is 4.34. The van der Waals surface area contributed by atoms with Crippen LogP contribution in [0.1, 0.15) is 23.7 Å². The van der Waals surface area contributed by atoms with Crippen LogP contribution in [0.25, 0.3) is 0 Å². The van der Waals surface area contributed by atoms with Gasteiger partial charge in [0.1, 0.15) is 0 Å². The molecule has 10 heteroatoms. The van der Waals surface area contributed by atoms with E-state index < -0.39 is 10.0 Å². The number of anilines is 2. The Morgan fingerprint density at radius 3 is 2.48 bits per heavy atom. The third kappa shape index (κ3) is 6.16. The van der Waals surface area contributed by atoms with Crippen molar-refractivity contribution < 1.29 is 18.0 Å². The second kappa shape index (κ2) is 9.90. The minimum absolute atomic E-state index is 0.0112. The summed E-state index contributed by atoms with van der Waals surface area (Å²) in [5.41, 5.74) is 0.894. The molecular formula is C21H23N5O4S. The molecule has 0 unspecified atom stereocenters. The van der Waals surface area contributed by atoms with Crippen LogP contribution in [0.15, 0.2) is 72.1 Å². The number of para-hydroxylation sites is 1. The smallest absolute Gasteiger partial charge is 0.261 e. The van der Waals surface area contributed by atoms with Gasteiger partial charge in [0.2, 0.25) is 5.91 Å². The van der Waals surface area contributed by atoms with Crippen molar-refractivity contribution >= 4 is 33.2 Å². The molecule has 2 amide bonds. The van der Waals surface area contributed by atoms with E-state index in [1.165, 1.54) is 37.3 Å². The van der Waals surface area contributed by atoms with Gasteiger partial charge < -0.3 is 15.2 Å². The molecular weight excluding hydrogens is 418 g/mol. The van der Waals surface area contributed by atoms with E-state index in [2.05, 4.69) is 20.3 Å². The highest BCUT2D eigenvalue weighted by atomic mass is 32.2. The Bertz CT molecular complexity index is 1140. The Balaban J connectivity index is 1.66. The molecule has 0 saturated carbocycles. The van der Waals surface area contributed by atoms with Crippen molar-refractivity contribution in [2.45, 2.75) is 24.8 Å². The number of rotatable bonds is 9. The molecule has 162 valence electrons. The van der Waals surface area contributed by atoms with Crippen LogP contribution >= 0.6 is 0 Å². The lowest BCUT2D eigenvalue weighted by atomic mass is 10.1. The van der Waals surface area contributed by atoms with Crippen molar-refractivity contribution in [2.75, 3.05) is 16.6 Å². The van der Waals surface area contributed by atoms with E-state index in [1.54, 1.807) is 30.7 Å². The molecule has 0 bridgehead atoms. The summed E-state index contributed by atoms with van der Waals surface area (Å²) in [5.74, 6) is -0.622. The molecule has 0 radical (unpaired) electrons. The first kappa shape index (κ1) is 22.0. The molecule has 0 atom stereocenters. The van der Waals surface area contributed by atoms with Crippen molar-refractivity contribution in [3.05, 3.63) is 72.8 Å². The second-order valence-electron chi connectivity index (χ2n) is 6.77.